The van der Waals surface area contributed by atoms with Gasteiger partial charge in [-0.05, 0) is 36.0 Å². The van der Waals surface area contributed by atoms with Gasteiger partial charge in [0, 0.05) is 6.54 Å². The third-order valence-corrected chi connectivity index (χ3v) is 4.16. The second-order valence-corrected chi connectivity index (χ2v) is 8.60. The number of nitrogens with zero attached hydrogens (tertiary/aromatic N) is 1. The van der Waals surface area contributed by atoms with Gasteiger partial charge in [-0.3, -0.25) is 15.1 Å². The molecule has 0 aromatic carbocycles. The number of carbonyl (C=O) groups excluding carboxylic acids is 1. The summed E-state index contributed by atoms with van der Waals surface area (Å²) in [7, 11) is 0. The average molecular weight is 279 g/mol. The van der Waals surface area contributed by atoms with Crippen LogP contribution in [0.1, 0.15) is 60.8 Å². The minimum absolute atomic E-state index is 0.0980. The molecule has 0 atom stereocenters. The zero-order chi connectivity index (χ0) is 15.2. The molecule has 20 heavy (non-hydrogen) atoms. The Morgan fingerprint density at radius 1 is 1.10 bits per heavy atom. The van der Waals surface area contributed by atoms with Crippen molar-refractivity contribution in [3.8, 4) is 0 Å². The molecule has 0 aromatic heterocycles. The maximum atomic E-state index is 12.5. The second-order valence-electron chi connectivity index (χ2n) is 8.60. The Kier molecular flexibility index (Phi) is 3.64. The predicted molar refractivity (Wildman–Crippen MR) is 82.6 cm³/mol. The molecule has 2 aliphatic rings. The molecule has 0 radical (unpaired) electrons. The van der Waals surface area contributed by atoms with Crippen molar-refractivity contribution in [1.29, 1.82) is 0 Å². The topological polar surface area (TPSA) is 53.5 Å². The number of guanidine groups is 1. The summed E-state index contributed by atoms with van der Waals surface area (Å²) in [5, 5.41) is 6.36. The Labute approximate surface area is 122 Å². The standard InChI is InChI=1S/C16H29N3O/c1-11(2)7-17-13-18-12(20)16(19-13)9-14(3,4)8-15(5,6)10-16/h11H,7-10H2,1-6H3,(H2,17,18,19,20). The molecule has 1 heterocycles. The van der Waals surface area contributed by atoms with Gasteiger partial charge >= 0.3 is 0 Å². The fraction of sp³-hybridized carbons (Fsp3) is 0.875. The van der Waals surface area contributed by atoms with E-state index in [0.717, 1.165) is 25.8 Å². The highest BCUT2D eigenvalue weighted by molar-refractivity contribution is 6.09. The van der Waals surface area contributed by atoms with Gasteiger partial charge in [0.1, 0.15) is 5.54 Å². The Morgan fingerprint density at radius 2 is 1.65 bits per heavy atom. The molecule has 0 bridgehead atoms. The monoisotopic (exact) mass is 279 g/mol. The van der Waals surface area contributed by atoms with Crippen LogP contribution >= 0.6 is 0 Å². The van der Waals surface area contributed by atoms with Gasteiger partial charge in [0.25, 0.3) is 5.91 Å². The number of hydrogen-bond donors (Lipinski definition) is 2. The van der Waals surface area contributed by atoms with E-state index in [-0.39, 0.29) is 16.7 Å². The average Bonchev–Trinajstić information content (AvgIpc) is 2.47. The summed E-state index contributed by atoms with van der Waals surface area (Å²) in [6.07, 6.45) is 2.89. The molecule has 2 rings (SSSR count). The highest BCUT2D eigenvalue weighted by Crippen LogP contribution is 2.50. The van der Waals surface area contributed by atoms with E-state index in [0.29, 0.717) is 11.9 Å². The normalized spacial score (nSPS) is 28.8. The molecule has 114 valence electrons. The fourth-order valence-corrected chi connectivity index (χ4v) is 4.26. The number of hydrogen-bond acceptors (Lipinski definition) is 2. The maximum Gasteiger partial charge on any atom is 0.252 e. The second kappa shape index (κ2) is 4.74. The number of rotatable bonds is 2. The Bertz CT molecular complexity index is 419. The van der Waals surface area contributed by atoms with Crippen LogP contribution in [0.2, 0.25) is 0 Å². The lowest BCUT2D eigenvalue weighted by atomic mass is 9.58. The first-order valence-electron chi connectivity index (χ1n) is 7.68. The molecule has 1 amide bonds. The van der Waals surface area contributed by atoms with Crippen LogP contribution in [0.5, 0.6) is 0 Å². The Hall–Kier alpha value is -1.06. The van der Waals surface area contributed by atoms with Gasteiger partial charge in [0.05, 0.1) is 0 Å². The number of carbonyl (C=O) groups is 1. The molecule has 0 unspecified atom stereocenters. The van der Waals surface area contributed by atoms with E-state index in [1.54, 1.807) is 0 Å². The van der Waals surface area contributed by atoms with Crippen LogP contribution in [0.25, 0.3) is 0 Å². The molecule has 1 saturated carbocycles. The predicted octanol–water partition coefficient (Wildman–Crippen LogP) is 2.69. The summed E-state index contributed by atoms with van der Waals surface area (Å²) in [5.74, 6) is 1.26. The van der Waals surface area contributed by atoms with Gasteiger partial charge in [-0.25, -0.2) is 0 Å². The van der Waals surface area contributed by atoms with Crippen molar-refractivity contribution in [2.24, 2.45) is 21.7 Å². The lowest BCUT2D eigenvalue weighted by molar-refractivity contribution is -0.129. The zero-order valence-corrected chi connectivity index (χ0v) is 13.8. The summed E-state index contributed by atoms with van der Waals surface area (Å²) in [4.78, 5) is 17.0. The Morgan fingerprint density at radius 3 is 2.15 bits per heavy atom. The number of amides is 1. The molecule has 0 aromatic rings. The molecule has 1 spiro atoms. The van der Waals surface area contributed by atoms with Gasteiger partial charge in [-0.15, -0.1) is 0 Å². The first-order valence-corrected chi connectivity index (χ1v) is 7.68. The maximum absolute atomic E-state index is 12.5. The van der Waals surface area contributed by atoms with Gasteiger partial charge in [0.2, 0.25) is 0 Å². The van der Waals surface area contributed by atoms with E-state index < -0.39 is 5.54 Å². The van der Waals surface area contributed by atoms with Crippen molar-refractivity contribution < 1.29 is 4.79 Å². The smallest absolute Gasteiger partial charge is 0.252 e. The third-order valence-electron chi connectivity index (χ3n) is 4.16. The number of nitrogens with one attached hydrogen (secondary N) is 2. The van der Waals surface area contributed by atoms with Crippen molar-refractivity contribution in [1.82, 2.24) is 10.6 Å². The van der Waals surface area contributed by atoms with E-state index in [4.69, 9.17) is 0 Å². The Balaban J connectivity index is 2.22. The molecule has 2 fully saturated rings. The first kappa shape index (κ1) is 15.3. The van der Waals surface area contributed by atoms with Crippen molar-refractivity contribution in [2.75, 3.05) is 6.54 Å². The first-order chi connectivity index (χ1) is 9.04. The summed E-state index contributed by atoms with van der Waals surface area (Å²) in [5.41, 5.74) is -0.139. The van der Waals surface area contributed by atoms with Crippen LogP contribution in [-0.2, 0) is 4.79 Å². The summed E-state index contributed by atoms with van der Waals surface area (Å²) in [6.45, 7) is 14.0. The van der Waals surface area contributed by atoms with Gasteiger partial charge in [0.15, 0.2) is 5.96 Å². The molecule has 1 aliphatic heterocycles. The molecular weight excluding hydrogens is 250 g/mol. The van der Waals surface area contributed by atoms with Crippen LogP contribution in [0.3, 0.4) is 0 Å². The zero-order valence-electron chi connectivity index (χ0n) is 13.8. The van der Waals surface area contributed by atoms with E-state index in [1.807, 2.05) is 0 Å². The highest BCUT2D eigenvalue weighted by Gasteiger charge is 2.55. The van der Waals surface area contributed by atoms with Gasteiger partial charge in [-0.1, -0.05) is 41.5 Å². The highest BCUT2D eigenvalue weighted by atomic mass is 16.2. The van der Waals surface area contributed by atoms with Crippen molar-refractivity contribution in [3.63, 3.8) is 0 Å². The minimum Gasteiger partial charge on any atom is -0.342 e. The van der Waals surface area contributed by atoms with Crippen molar-refractivity contribution in [3.05, 3.63) is 0 Å². The quantitative estimate of drug-likeness (QED) is 0.816. The van der Waals surface area contributed by atoms with Gasteiger partial charge < -0.3 is 5.32 Å². The lowest BCUT2D eigenvalue weighted by Crippen LogP contribution is -2.56. The number of aliphatic imine (C=N–C) groups is 1. The SMILES string of the molecule is CC(C)CN=C1NC(=O)C2(CC(C)(C)CC(C)(C)C2)N1. The van der Waals surface area contributed by atoms with Crippen LogP contribution in [-0.4, -0.2) is 24.0 Å². The van der Waals surface area contributed by atoms with E-state index in [2.05, 4.69) is 57.2 Å². The minimum atomic E-state index is -0.471. The largest absolute Gasteiger partial charge is 0.342 e. The summed E-state index contributed by atoms with van der Waals surface area (Å²) >= 11 is 0. The third kappa shape index (κ3) is 3.15. The van der Waals surface area contributed by atoms with E-state index in [9.17, 15) is 4.79 Å². The summed E-state index contributed by atoms with van der Waals surface area (Å²) in [6, 6.07) is 0. The van der Waals surface area contributed by atoms with Crippen LogP contribution in [0, 0.1) is 16.7 Å². The van der Waals surface area contributed by atoms with E-state index in [1.165, 1.54) is 0 Å². The molecule has 1 saturated heterocycles. The molecule has 1 aliphatic carbocycles. The van der Waals surface area contributed by atoms with Crippen molar-refractivity contribution >= 4 is 11.9 Å². The summed E-state index contributed by atoms with van der Waals surface area (Å²) < 4.78 is 0. The molecule has 4 nitrogen and oxygen atoms in total. The fourth-order valence-electron chi connectivity index (χ4n) is 4.26. The van der Waals surface area contributed by atoms with Crippen LogP contribution in [0.15, 0.2) is 4.99 Å². The van der Waals surface area contributed by atoms with E-state index >= 15 is 0 Å². The van der Waals surface area contributed by atoms with Crippen LogP contribution < -0.4 is 10.6 Å². The van der Waals surface area contributed by atoms with Crippen molar-refractivity contribution in [2.45, 2.75) is 66.3 Å². The lowest BCUT2D eigenvalue weighted by Gasteiger charge is -2.49. The molecule has 2 N–H and O–H groups in total. The van der Waals surface area contributed by atoms with Gasteiger partial charge in [-0.2, -0.15) is 0 Å². The molecule has 4 heteroatoms. The van der Waals surface area contributed by atoms with Crippen LogP contribution in [0.4, 0.5) is 0 Å². The molecular formula is C16H29N3O.